The van der Waals surface area contributed by atoms with Gasteiger partial charge in [-0.3, -0.25) is 13.9 Å². The highest BCUT2D eigenvalue weighted by molar-refractivity contribution is 7.92. The van der Waals surface area contributed by atoms with Crippen LogP contribution in [0.1, 0.15) is 30.5 Å². The van der Waals surface area contributed by atoms with Crippen LogP contribution >= 0.6 is 0 Å². The first kappa shape index (κ1) is 24.4. The number of rotatable bonds is 9. The van der Waals surface area contributed by atoms with Crippen molar-refractivity contribution in [1.82, 2.24) is 10.2 Å². The first-order chi connectivity index (χ1) is 14.6. The molecular formula is C23H31N3O4S. The van der Waals surface area contributed by atoms with E-state index in [1.165, 1.54) is 11.9 Å². The van der Waals surface area contributed by atoms with Crippen molar-refractivity contribution in [2.24, 2.45) is 0 Å². The molecule has 2 amide bonds. The topological polar surface area (TPSA) is 86.8 Å². The van der Waals surface area contributed by atoms with Crippen LogP contribution in [-0.2, 0) is 32.6 Å². The Bertz CT molecular complexity index is 1000. The van der Waals surface area contributed by atoms with Crippen molar-refractivity contribution in [1.29, 1.82) is 0 Å². The zero-order valence-corrected chi connectivity index (χ0v) is 19.6. The summed E-state index contributed by atoms with van der Waals surface area (Å²) < 4.78 is 26.0. The molecule has 1 atom stereocenters. The molecule has 0 aliphatic carbocycles. The zero-order chi connectivity index (χ0) is 23.2. The summed E-state index contributed by atoms with van der Waals surface area (Å²) in [6.07, 6.45) is 1.90. The summed E-state index contributed by atoms with van der Waals surface area (Å²) in [6.45, 7) is 5.41. The van der Waals surface area contributed by atoms with Gasteiger partial charge in [0.15, 0.2) is 0 Å². The molecule has 2 aromatic carbocycles. The van der Waals surface area contributed by atoms with E-state index in [2.05, 4.69) is 5.32 Å². The molecule has 0 bridgehead atoms. The monoisotopic (exact) mass is 445 g/mol. The number of hydrogen-bond donors (Lipinski definition) is 1. The average Bonchev–Trinajstić information content (AvgIpc) is 2.75. The number of amides is 2. The Hall–Kier alpha value is -2.87. The molecule has 0 aliphatic heterocycles. The van der Waals surface area contributed by atoms with Gasteiger partial charge in [0.2, 0.25) is 21.8 Å². The van der Waals surface area contributed by atoms with Crippen LogP contribution in [0.2, 0.25) is 0 Å². The first-order valence-corrected chi connectivity index (χ1v) is 12.0. The molecule has 31 heavy (non-hydrogen) atoms. The largest absolute Gasteiger partial charge is 0.357 e. The molecule has 1 N–H and O–H groups in total. The number of nitrogens with one attached hydrogen (secondary N) is 1. The standard InChI is InChI=1S/C23H31N3O4S/c1-6-19-11-13-21(14-12-19)26(31(5,29)30)16-22(27)25(18(3)23(28)24-4)15-20-9-7-17(2)8-10-20/h7-14,18H,6,15-16H2,1-5H3,(H,24,28). The third kappa shape index (κ3) is 6.55. The van der Waals surface area contributed by atoms with E-state index in [9.17, 15) is 18.0 Å². The molecular weight excluding hydrogens is 414 g/mol. The zero-order valence-electron chi connectivity index (χ0n) is 18.8. The van der Waals surface area contributed by atoms with Crippen molar-refractivity contribution in [3.05, 3.63) is 65.2 Å². The molecule has 0 aliphatic rings. The van der Waals surface area contributed by atoms with Crippen molar-refractivity contribution < 1.29 is 18.0 Å². The van der Waals surface area contributed by atoms with E-state index in [1.54, 1.807) is 19.1 Å². The summed E-state index contributed by atoms with van der Waals surface area (Å²) in [5.74, 6) is -0.777. The second-order valence-corrected chi connectivity index (χ2v) is 9.49. The SMILES string of the molecule is CCc1ccc(N(CC(=O)N(Cc2ccc(C)cc2)C(C)C(=O)NC)S(C)(=O)=O)cc1. The van der Waals surface area contributed by atoms with E-state index in [0.717, 1.165) is 33.7 Å². The van der Waals surface area contributed by atoms with Crippen molar-refractivity contribution in [3.8, 4) is 0 Å². The van der Waals surface area contributed by atoms with Gasteiger partial charge in [-0.15, -0.1) is 0 Å². The Morgan fingerprint density at radius 3 is 2.03 bits per heavy atom. The fraction of sp³-hybridized carbons (Fsp3) is 0.391. The molecule has 0 heterocycles. The highest BCUT2D eigenvalue weighted by Crippen LogP contribution is 2.20. The van der Waals surface area contributed by atoms with Gasteiger partial charge in [0.25, 0.3) is 0 Å². The van der Waals surface area contributed by atoms with Crippen LogP contribution in [0.25, 0.3) is 0 Å². The lowest BCUT2D eigenvalue weighted by Gasteiger charge is -2.31. The molecule has 8 heteroatoms. The maximum atomic E-state index is 13.3. The quantitative estimate of drug-likeness (QED) is 0.642. The summed E-state index contributed by atoms with van der Waals surface area (Å²) in [5.41, 5.74) is 3.42. The van der Waals surface area contributed by atoms with E-state index in [0.29, 0.717) is 5.69 Å². The summed E-state index contributed by atoms with van der Waals surface area (Å²) in [6, 6.07) is 14.0. The molecule has 0 spiro atoms. The van der Waals surface area contributed by atoms with E-state index >= 15 is 0 Å². The fourth-order valence-electron chi connectivity index (χ4n) is 3.19. The Morgan fingerprint density at radius 1 is 1.00 bits per heavy atom. The second-order valence-electron chi connectivity index (χ2n) is 7.59. The Morgan fingerprint density at radius 2 is 1.55 bits per heavy atom. The second kappa shape index (κ2) is 10.4. The summed E-state index contributed by atoms with van der Waals surface area (Å²) >= 11 is 0. The van der Waals surface area contributed by atoms with E-state index in [-0.39, 0.29) is 12.5 Å². The number of anilines is 1. The lowest BCUT2D eigenvalue weighted by molar-refractivity contribution is -0.139. The number of sulfonamides is 1. The van der Waals surface area contributed by atoms with Crippen LogP contribution in [-0.4, -0.2) is 51.0 Å². The summed E-state index contributed by atoms with van der Waals surface area (Å²) in [4.78, 5) is 27.0. The lowest BCUT2D eigenvalue weighted by atomic mass is 10.1. The minimum atomic E-state index is -3.71. The summed E-state index contributed by atoms with van der Waals surface area (Å²) in [5, 5.41) is 2.56. The lowest BCUT2D eigenvalue weighted by Crippen LogP contribution is -2.50. The van der Waals surface area contributed by atoms with Gasteiger partial charge in [0.1, 0.15) is 12.6 Å². The molecule has 1 unspecified atom stereocenters. The maximum Gasteiger partial charge on any atom is 0.244 e. The predicted octanol–water partition coefficient (Wildman–Crippen LogP) is 2.49. The molecule has 0 saturated heterocycles. The van der Waals surface area contributed by atoms with E-state index in [1.807, 2.05) is 50.2 Å². The van der Waals surface area contributed by atoms with Gasteiger partial charge < -0.3 is 10.2 Å². The average molecular weight is 446 g/mol. The van der Waals surface area contributed by atoms with Gasteiger partial charge in [-0.1, -0.05) is 48.9 Å². The Kier molecular flexibility index (Phi) is 8.21. The molecule has 0 saturated carbocycles. The van der Waals surface area contributed by atoms with Gasteiger partial charge >= 0.3 is 0 Å². The van der Waals surface area contributed by atoms with Crippen molar-refractivity contribution in [3.63, 3.8) is 0 Å². The third-order valence-corrected chi connectivity index (χ3v) is 6.34. The van der Waals surface area contributed by atoms with Crippen LogP contribution in [0.15, 0.2) is 48.5 Å². The third-order valence-electron chi connectivity index (χ3n) is 5.20. The minimum Gasteiger partial charge on any atom is -0.357 e. The van der Waals surface area contributed by atoms with E-state index in [4.69, 9.17) is 0 Å². The molecule has 2 aromatic rings. The normalized spacial score (nSPS) is 12.2. The molecule has 0 aromatic heterocycles. The van der Waals surface area contributed by atoms with Gasteiger partial charge in [-0.25, -0.2) is 8.42 Å². The van der Waals surface area contributed by atoms with Crippen LogP contribution in [0, 0.1) is 6.92 Å². The van der Waals surface area contributed by atoms with Crippen molar-refractivity contribution >= 4 is 27.5 Å². The summed E-state index contributed by atoms with van der Waals surface area (Å²) in [7, 11) is -2.21. The van der Waals surface area contributed by atoms with Gasteiger partial charge in [-0.05, 0) is 43.5 Å². The van der Waals surface area contributed by atoms with Crippen LogP contribution in [0.5, 0.6) is 0 Å². The highest BCUT2D eigenvalue weighted by Gasteiger charge is 2.29. The minimum absolute atomic E-state index is 0.195. The smallest absolute Gasteiger partial charge is 0.244 e. The Labute approximate surface area is 185 Å². The predicted molar refractivity (Wildman–Crippen MR) is 123 cm³/mol. The van der Waals surface area contributed by atoms with Gasteiger partial charge in [-0.2, -0.15) is 0 Å². The number of hydrogen-bond acceptors (Lipinski definition) is 4. The Balaban J connectivity index is 2.35. The highest BCUT2D eigenvalue weighted by atomic mass is 32.2. The van der Waals surface area contributed by atoms with Crippen LogP contribution < -0.4 is 9.62 Å². The fourth-order valence-corrected chi connectivity index (χ4v) is 4.04. The molecule has 0 radical (unpaired) electrons. The van der Waals surface area contributed by atoms with Crippen LogP contribution in [0.4, 0.5) is 5.69 Å². The number of nitrogens with zero attached hydrogens (tertiary/aromatic N) is 2. The molecule has 168 valence electrons. The molecule has 2 rings (SSSR count). The van der Waals surface area contributed by atoms with Gasteiger partial charge in [0.05, 0.1) is 11.9 Å². The van der Waals surface area contributed by atoms with Crippen molar-refractivity contribution in [2.75, 3.05) is 24.2 Å². The van der Waals surface area contributed by atoms with E-state index < -0.39 is 28.5 Å². The number of carbonyl (C=O) groups excluding carboxylic acids is 2. The van der Waals surface area contributed by atoms with Gasteiger partial charge in [0, 0.05) is 13.6 Å². The first-order valence-electron chi connectivity index (χ1n) is 10.2. The van der Waals surface area contributed by atoms with Crippen LogP contribution in [0.3, 0.4) is 0 Å². The number of aryl methyl sites for hydroxylation is 2. The number of carbonyl (C=O) groups is 2. The number of benzene rings is 2. The van der Waals surface area contributed by atoms with Crippen molar-refractivity contribution in [2.45, 2.75) is 39.8 Å². The number of likely N-dealkylation sites (N-methyl/N-ethyl adjacent to an activating group) is 1. The molecule has 7 nitrogen and oxygen atoms in total. The maximum absolute atomic E-state index is 13.3. The molecule has 0 fully saturated rings.